The molecular formula is C18H21NO2. The third-order valence-electron chi connectivity index (χ3n) is 3.98. The fourth-order valence-corrected chi connectivity index (χ4v) is 2.73. The maximum atomic E-state index is 5.75. The average Bonchev–Trinajstić information content (AvgIpc) is 2.51. The highest BCUT2D eigenvalue weighted by Crippen LogP contribution is 2.37. The monoisotopic (exact) mass is 283 g/mol. The number of hydrogen-bond donors (Lipinski definition) is 1. The number of methoxy groups -OCH3 is 1. The van der Waals surface area contributed by atoms with Gasteiger partial charge in [-0.3, -0.25) is 0 Å². The molecule has 0 aliphatic carbocycles. The van der Waals surface area contributed by atoms with Crippen molar-refractivity contribution in [1.29, 1.82) is 0 Å². The molecule has 2 aromatic carbocycles. The van der Waals surface area contributed by atoms with Gasteiger partial charge in [-0.15, -0.1) is 0 Å². The molecule has 1 aliphatic heterocycles. The minimum Gasteiger partial charge on any atom is -0.497 e. The molecule has 2 aromatic rings. The Labute approximate surface area is 125 Å². The summed E-state index contributed by atoms with van der Waals surface area (Å²) in [5.41, 5.74) is 4.88. The first-order valence-corrected chi connectivity index (χ1v) is 7.32. The van der Waals surface area contributed by atoms with Crippen molar-refractivity contribution in [3.8, 4) is 11.5 Å². The van der Waals surface area contributed by atoms with Gasteiger partial charge in [-0.1, -0.05) is 12.1 Å². The number of ether oxygens (including phenoxy) is 2. The van der Waals surface area contributed by atoms with Crippen molar-refractivity contribution in [3.63, 3.8) is 0 Å². The van der Waals surface area contributed by atoms with Crippen molar-refractivity contribution in [2.24, 2.45) is 0 Å². The molecule has 0 amide bonds. The van der Waals surface area contributed by atoms with Crippen LogP contribution in [0.5, 0.6) is 11.5 Å². The van der Waals surface area contributed by atoms with E-state index in [1.807, 2.05) is 12.1 Å². The number of benzene rings is 2. The highest BCUT2D eigenvalue weighted by Gasteiger charge is 2.22. The van der Waals surface area contributed by atoms with Gasteiger partial charge in [-0.2, -0.15) is 0 Å². The zero-order valence-electron chi connectivity index (χ0n) is 12.8. The molecule has 0 spiro atoms. The molecular weight excluding hydrogens is 262 g/mol. The Bertz CT molecular complexity index is 652. The van der Waals surface area contributed by atoms with E-state index in [0.717, 1.165) is 24.5 Å². The Balaban J connectivity index is 1.92. The summed E-state index contributed by atoms with van der Waals surface area (Å²) >= 11 is 0. The highest BCUT2D eigenvalue weighted by molar-refractivity contribution is 5.56. The lowest BCUT2D eigenvalue weighted by molar-refractivity contribution is 0.273. The first kappa shape index (κ1) is 13.8. The third kappa shape index (κ3) is 2.82. The lowest BCUT2D eigenvalue weighted by Crippen LogP contribution is -2.20. The maximum absolute atomic E-state index is 5.75. The number of fused-ring (bicyclic) bond motifs is 1. The molecule has 1 aliphatic rings. The summed E-state index contributed by atoms with van der Waals surface area (Å²) in [5.74, 6) is 1.82. The first-order valence-electron chi connectivity index (χ1n) is 7.32. The van der Waals surface area contributed by atoms with E-state index in [9.17, 15) is 0 Å². The normalized spacial score (nSPS) is 16.8. The zero-order chi connectivity index (χ0) is 14.8. The van der Waals surface area contributed by atoms with E-state index in [1.165, 1.54) is 22.4 Å². The van der Waals surface area contributed by atoms with E-state index >= 15 is 0 Å². The number of anilines is 1. The van der Waals surface area contributed by atoms with Crippen molar-refractivity contribution in [2.75, 3.05) is 19.0 Å². The molecule has 0 radical (unpaired) electrons. The predicted molar refractivity (Wildman–Crippen MR) is 85.4 cm³/mol. The van der Waals surface area contributed by atoms with Crippen LogP contribution in [0.3, 0.4) is 0 Å². The van der Waals surface area contributed by atoms with Crippen LogP contribution in [-0.2, 0) is 0 Å². The average molecular weight is 283 g/mol. The summed E-state index contributed by atoms with van der Waals surface area (Å²) in [6.07, 6.45) is 0.952. The van der Waals surface area contributed by atoms with Gasteiger partial charge in [0, 0.05) is 17.7 Å². The van der Waals surface area contributed by atoms with Crippen LogP contribution in [0, 0.1) is 13.8 Å². The molecule has 110 valence electrons. The van der Waals surface area contributed by atoms with E-state index in [-0.39, 0.29) is 6.04 Å². The predicted octanol–water partition coefficient (Wildman–Crippen LogP) is 4.25. The quantitative estimate of drug-likeness (QED) is 0.913. The molecule has 3 nitrogen and oxygen atoms in total. The molecule has 0 saturated heterocycles. The van der Waals surface area contributed by atoms with Gasteiger partial charge in [0.1, 0.15) is 11.5 Å². The van der Waals surface area contributed by atoms with Gasteiger partial charge in [0.05, 0.1) is 19.8 Å². The number of nitrogens with one attached hydrogen (secondary N) is 1. The van der Waals surface area contributed by atoms with Crippen molar-refractivity contribution in [1.82, 2.24) is 0 Å². The van der Waals surface area contributed by atoms with E-state index in [0.29, 0.717) is 0 Å². The first-order chi connectivity index (χ1) is 10.2. The summed E-state index contributed by atoms with van der Waals surface area (Å²) in [7, 11) is 1.69. The van der Waals surface area contributed by atoms with E-state index in [4.69, 9.17) is 9.47 Å². The second-order valence-corrected chi connectivity index (χ2v) is 5.56. The van der Waals surface area contributed by atoms with Crippen LogP contribution in [-0.4, -0.2) is 13.7 Å². The molecule has 3 rings (SSSR count). The topological polar surface area (TPSA) is 30.5 Å². The van der Waals surface area contributed by atoms with E-state index in [1.54, 1.807) is 7.11 Å². The SMILES string of the molecule is COc1ccc2c(c1)C(Nc1cc(C)ccc1C)CCO2. The van der Waals surface area contributed by atoms with Crippen molar-refractivity contribution in [2.45, 2.75) is 26.3 Å². The van der Waals surface area contributed by atoms with Crippen LogP contribution in [0.4, 0.5) is 5.69 Å². The summed E-state index contributed by atoms with van der Waals surface area (Å²) in [5, 5.41) is 3.66. The van der Waals surface area contributed by atoms with Gasteiger partial charge in [-0.05, 0) is 49.2 Å². The minimum absolute atomic E-state index is 0.254. The Kier molecular flexibility index (Phi) is 3.74. The van der Waals surface area contributed by atoms with Gasteiger partial charge < -0.3 is 14.8 Å². The molecule has 0 saturated carbocycles. The van der Waals surface area contributed by atoms with Crippen LogP contribution in [0.15, 0.2) is 36.4 Å². The molecule has 1 N–H and O–H groups in total. The molecule has 0 aromatic heterocycles. The smallest absolute Gasteiger partial charge is 0.124 e. The third-order valence-corrected chi connectivity index (χ3v) is 3.98. The standard InChI is InChI=1S/C18H21NO2/c1-12-4-5-13(2)17(10-12)19-16-8-9-21-18-7-6-14(20-3)11-15(16)18/h4-7,10-11,16,19H,8-9H2,1-3H3. The van der Waals surface area contributed by atoms with Crippen LogP contribution in [0.2, 0.25) is 0 Å². The molecule has 21 heavy (non-hydrogen) atoms. The van der Waals surface area contributed by atoms with Crippen LogP contribution in [0.1, 0.15) is 29.2 Å². The largest absolute Gasteiger partial charge is 0.497 e. The van der Waals surface area contributed by atoms with E-state index in [2.05, 4.69) is 43.4 Å². The fourth-order valence-electron chi connectivity index (χ4n) is 2.73. The number of hydrogen-bond acceptors (Lipinski definition) is 3. The lowest BCUT2D eigenvalue weighted by Gasteiger charge is -2.28. The van der Waals surface area contributed by atoms with Gasteiger partial charge in [0.2, 0.25) is 0 Å². The molecule has 1 unspecified atom stereocenters. The van der Waals surface area contributed by atoms with Crippen LogP contribution in [0.25, 0.3) is 0 Å². The van der Waals surface area contributed by atoms with Crippen molar-refractivity contribution < 1.29 is 9.47 Å². The summed E-state index contributed by atoms with van der Waals surface area (Å²) in [6, 6.07) is 12.8. The summed E-state index contributed by atoms with van der Waals surface area (Å²) in [4.78, 5) is 0. The van der Waals surface area contributed by atoms with E-state index < -0.39 is 0 Å². The molecule has 3 heteroatoms. The lowest BCUT2D eigenvalue weighted by atomic mass is 9.99. The Morgan fingerprint density at radius 2 is 2.00 bits per heavy atom. The van der Waals surface area contributed by atoms with Crippen molar-refractivity contribution >= 4 is 5.69 Å². The molecule has 0 fully saturated rings. The van der Waals surface area contributed by atoms with Gasteiger partial charge in [0.15, 0.2) is 0 Å². The fraction of sp³-hybridized carbons (Fsp3) is 0.333. The maximum Gasteiger partial charge on any atom is 0.124 e. The van der Waals surface area contributed by atoms with Crippen LogP contribution >= 0.6 is 0 Å². The Morgan fingerprint density at radius 1 is 1.14 bits per heavy atom. The highest BCUT2D eigenvalue weighted by atomic mass is 16.5. The Hall–Kier alpha value is -2.16. The minimum atomic E-state index is 0.254. The van der Waals surface area contributed by atoms with Gasteiger partial charge >= 0.3 is 0 Å². The second kappa shape index (κ2) is 5.68. The number of rotatable bonds is 3. The number of aryl methyl sites for hydroxylation is 2. The second-order valence-electron chi connectivity index (χ2n) is 5.56. The van der Waals surface area contributed by atoms with Crippen LogP contribution < -0.4 is 14.8 Å². The van der Waals surface area contributed by atoms with Gasteiger partial charge in [0.25, 0.3) is 0 Å². The molecule has 0 bridgehead atoms. The summed E-state index contributed by atoms with van der Waals surface area (Å²) in [6.45, 7) is 4.99. The Morgan fingerprint density at radius 3 is 2.81 bits per heavy atom. The zero-order valence-corrected chi connectivity index (χ0v) is 12.8. The van der Waals surface area contributed by atoms with Crippen molar-refractivity contribution in [3.05, 3.63) is 53.1 Å². The summed E-state index contributed by atoms with van der Waals surface area (Å²) < 4.78 is 11.1. The molecule has 1 atom stereocenters. The van der Waals surface area contributed by atoms with Gasteiger partial charge in [-0.25, -0.2) is 0 Å². The molecule has 1 heterocycles.